The van der Waals surface area contributed by atoms with Gasteiger partial charge in [-0.1, -0.05) is 0 Å². The average Bonchev–Trinajstić information content (AvgIpc) is 2.56. The van der Waals surface area contributed by atoms with E-state index in [1.54, 1.807) is 19.9 Å². The monoisotopic (exact) mass is 266 g/mol. The first-order valence-electron chi connectivity index (χ1n) is 5.29. The third-order valence-electron chi connectivity index (χ3n) is 2.70. The molecule has 0 spiro atoms. The fourth-order valence-electron chi connectivity index (χ4n) is 1.69. The standard InChI is InChI=1S/C11H14N4O2S/c1-7-10(12)8(2)15(14-7)11-9(18(3,16)17)5-4-6-13-11/h4-6H,12H2,1-3H3. The molecule has 7 heteroatoms. The number of nitrogen functional groups attached to an aromatic ring is 1. The molecule has 2 rings (SSSR count). The van der Waals surface area contributed by atoms with Crippen LogP contribution in [0.1, 0.15) is 11.4 Å². The van der Waals surface area contributed by atoms with E-state index in [-0.39, 0.29) is 10.7 Å². The van der Waals surface area contributed by atoms with E-state index < -0.39 is 9.84 Å². The minimum atomic E-state index is -3.37. The summed E-state index contributed by atoms with van der Waals surface area (Å²) >= 11 is 0. The summed E-state index contributed by atoms with van der Waals surface area (Å²) in [5.74, 6) is 0.275. The fraction of sp³-hybridized carbons (Fsp3) is 0.273. The molecule has 0 aliphatic rings. The molecule has 0 aliphatic carbocycles. The van der Waals surface area contributed by atoms with Gasteiger partial charge in [0.05, 0.1) is 17.1 Å². The van der Waals surface area contributed by atoms with Crippen LogP contribution >= 0.6 is 0 Å². The molecule has 0 aromatic carbocycles. The summed E-state index contributed by atoms with van der Waals surface area (Å²) in [6.07, 6.45) is 2.67. The molecular formula is C11H14N4O2S. The Morgan fingerprint density at radius 2 is 2.00 bits per heavy atom. The van der Waals surface area contributed by atoms with Crippen molar-refractivity contribution in [1.29, 1.82) is 0 Å². The highest BCUT2D eigenvalue weighted by Gasteiger charge is 2.19. The molecule has 2 heterocycles. The van der Waals surface area contributed by atoms with Gasteiger partial charge in [0.15, 0.2) is 15.7 Å². The molecule has 2 aromatic heterocycles. The van der Waals surface area contributed by atoms with Gasteiger partial charge in [-0.3, -0.25) is 0 Å². The second-order valence-corrected chi connectivity index (χ2v) is 6.08. The van der Waals surface area contributed by atoms with Crippen molar-refractivity contribution < 1.29 is 8.42 Å². The first-order chi connectivity index (χ1) is 8.32. The highest BCUT2D eigenvalue weighted by Crippen LogP contribution is 2.22. The van der Waals surface area contributed by atoms with Crippen LogP contribution in [-0.2, 0) is 9.84 Å². The fourth-order valence-corrected chi connectivity index (χ4v) is 2.49. The summed E-state index contributed by atoms with van der Waals surface area (Å²) in [7, 11) is -3.37. The van der Waals surface area contributed by atoms with E-state index in [0.29, 0.717) is 17.1 Å². The Bertz CT molecular complexity index is 704. The van der Waals surface area contributed by atoms with Crippen LogP contribution in [0.5, 0.6) is 0 Å². The van der Waals surface area contributed by atoms with Crippen LogP contribution in [-0.4, -0.2) is 29.4 Å². The van der Waals surface area contributed by atoms with E-state index >= 15 is 0 Å². The Kier molecular flexibility index (Phi) is 2.86. The molecule has 0 bridgehead atoms. The minimum Gasteiger partial charge on any atom is -0.396 e. The summed E-state index contributed by atoms with van der Waals surface area (Å²) in [6, 6.07) is 3.08. The molecule has 18 heavy (non-hydrogen) atoms. The number of anilines is 1. The molecule has 0 fully saturated rings. The number of aromatic nitrogens is 3. The van der Waals surface area contributed by atoms with Gasteiger partial charge in [0.25, 0.3) is 0 Å². The highest BCUT2D eigenvalue weighted by molar-refractivity contribution is 7.90. The molecule has 0 aliphatic heterocycles. The van der Waals surface area contributed by atoms with Gasteiger partial charge in [0.2, 0.25) is 0 Å². The van der Waals surface area contributed by atoms with E-state index in [4.69, 9.17) is 5.73 Å². The van der Waals surface area contributed by atoms with E-state index in [0.717, 1.165) is 6.26 Å². The van der Waals surface area contributed by atoms with Gasteiger partial charge in [0, 0.05) is 12.5 Å². The molecule has 0 amide bonds. The average molecular weight is 266 g/mol. The Morgan fingerprint density at radius 1 is 1.33 bits per heavy atom. The Balaban J connectivity index is 2.76. The lowest BCUT2D eigenvalue weighted by Gasteiger charge is -2.08. The van der Waals surface area contributed by atoms with Crippen molar-refractivity contribution >= 4 is 15.5 Å². The first kappa shape index (κ1) is 12.6. The lowest BCUT2D eigenvalue weighted by Crippen LogP contribution is -2.09. The molecule has 0 radical (unpaired) electrons. The van der Waals surface area contributed by atoms with Crippen LogP contribution in [0, 0.1) is 13.8 Å². The molecule has 6 nitrogen and oxygen atoms in total. The first-order valence-corrected chi connectivity index (χ1v) is 7.18. The van der Waals surface area contributed by atoms with E-state index in [2.05, 4.69) is 10.1 Å². The van der Waals surface area contributed by atoms with Crippen molar-refractivity contribution in [3.8, 4) is 5.82 Å². The molecular weight excluding hydrogens is 252 g/mol. The van der Waals surface area contributed by atoms with Crippen molar-refractivity contribution in [2.45, 2.75) is 18.7 Å². The van der Waals surface area contributed by atoms with Crippen molar-refractivity contribution in [3.05, 3.63) is 29.7 Å². The van der Waals surface area contributed by atoms with Gasteiger partial charge in [-0.25, -0.2) is 18.1 Å². The zero-order chi connectivity index (χ0) is 13.5. The maximum absolute atomic E-state index is 11.7. The van der Waals surface area contributed by atoms with Crippen molar-refractivity contribution in [3.63, 3.8) is 0 Å². The predicted molar refractivity (Wildman–Crippen MR) is 68.4 cm³/mol. The van der Waals surface area contributed by atoms with Crippen molar-refractivity contribution in [2.75, 3.05) is 12.0 Å². The molecule has 0 saturated carbocycles. The van der Waals surface area contributed by atoms with Gasteiger partial charge < -0.3 is 5.73 Å². The van der Waals surface area contributed by atoms with Gasteiger partial charge in [-0.15, -0.1) is 0 Å². The zero-order valence-corrected chi connectivity index (χ0v) is 11.2. The zero-order valence-electron chi connectivity index (χ0n) is 10.4. The van der Waals surface area contributed by atoms with Gasteiger partial charge in [0.1, 0.15) is 4.90 Å². The Morgan fingerprint density at radius 3 is 2.50 bits per heavy atom. The van der Waals surface area contributed by atoms with E-state index in [1.807, 2.05) is 0 Å². The summed E-state index contributed by atoms with van der Waals surface area (Å²) < 4.78 is 24.9. The second-order valence-electron chi connectivity index (χ2n) is 4.09. The van der Waals surface area contributed by atoms with Gasteiger partial charge in [-0.2, -0.15) is 5.10 Å². The van der Waals surface area contributed by atoms with Crippen LogP contribution in [0.15, 0.2) is 23.2 Å². The number of hydrogen-bond acceptors (Lipinski definition) is 5. The third-order valence-corrected chi connectivity index (χ3v) is 3.82. The molecule has 0 unspecified atom stereocenters. The van der Waals surface area contributed by atoms with Crippen LogP contribution in [0.2, 0.25) is 0 Å². The highest BCUT2D eigenvalue weighted by atomic mass is 32.2. The number of pyridine rings is 1. The minimum absolute atomic E-state index is 0.135. The summed E-state index contributed by atoms with van der Waals surface area (Å²) in [4.78, 5) is 4.23. The number of sulfone groups is 1. The van der Waals surface area contributed by atoms with Gasteiger partial charge in [-0.05, 0) is 26.0 Å². The normalized spacial score (nSPS) is 11.7. The number of rotatable bonds is 2. The molecule has 96 valence electrons. The van der Waals surface area contributed by atoms with E-state index in [1.165, 1.54) is 16.9 Å². The summed E-state index contributed by atoms with van der Waals surface area (Å²) in [5, 5.41) is 4.22. The number of aryl methyl sites for hydroxylation is 1. The number of hydrogen-bond donors (Lipinski definition) is 1. The van der Waals surface area contributed by atoms with Crippen LogP contribution in [0.4, 0.5) is 5.69 Å². The quantitative estimate of drug-likeness (QED) is 0.871. The Labute approximate surface area is 105 Å². The van der Waals surface area contributed by atoms with Crippen LogP contribution in [0.25, 0.3) is 5.82 Å². The molecule has 0 saturated heterocycles. The summed E-state index contributed by atoms with van der Waals surface area (Å²) in [6.45, 7) is 3.54. The van der Waals surface area contributed by atoms with Crippen LogP contribution < -0.4 is 5.73 Å². The van der Waals surface area contributed by atoms with E-state index in [9.17, 15) is 8.42 Å². The molecule has 0 atom stereocenters. The Hall–Kier alpha value is -1.89. The third kappa shape index (κ3) is 1.97. The molecule has 2 N–H and O–H groups in total. The number of nitrogens with two attached hydrogens (primary N) is 1. The second kappa shape index (κ2) is 4.09. The predicted octanol–water partition coefficient (Wildman–Crippen LogP) is 0.870. The number of nitrogens with zero attached hydrogens (tertiary/aromatic N) is 3. The lowest BCUT2D eigenvalue weighted by atomic mass is 10.3. The van der Waals surface area contributed by atoms with Gasteiger partial charge >= 0.3 is 0 Å². The topological polar surface area (TPSA) is 90.9 Å². The smallest absolute Gasteiger partial charge is 0.179 e. The summed E-state index contributed by atoms with van der Waals surface area (Å²) in [5.41, 5.74) is 7.71. The molecule has 2 aromatic rings. The largest absolute Gasteiger partial charge is 0.396 e. The van der Waals surface area contributed by atoms with Crippen molar-refractivity contribution in [1.82, 2.24) is 14.8 Å². The maximum Gasteiger partial charge on any atom is 0.179 e. The lowest BCUT2D eigenvalue weighted by molar-refractivity contribution is 0.599. The van der Waals surface area contributed by atoms with Crippen molar-refractivity contribution in [2.24, 2.45) is 0 Å². The van der Waals surface area contributed by atoms with Crippen LogP contribution in [0.3, 0.4) is 0 Å². The SMILES string of the molecule is Cc1nn(-c2ncccc2S(C)(=O)=O)c(C)c1N. The maximum atomic E-state index is 11.7.